The van der Waals surface area contributed by atoms with Crippen LogP contribution >= 0.6 is 0 Å². The normalized spacial score (nSPS) is 18.2. The summed E-state index contributed by atoms with van der Waals surface area (Å²) in [5.41, 5.74) is 0. The number of ether oxygens (including phenoxy) is 3. The van der Waals surface area contributed by atoms with E-state index in [1.807, 2.05) is 6.08 Å². The fourth-order valence-electron chi connectivity index (χ4n) is 11.5. The van der Waals surface area contributed by atoms with Crippen molar-refractivity contribution in [3.05, 3.63) is 60.8 Å². The molecule has 0 aromatic heterocycles. The maximum Gasteiger partial charge on any atom is 0.305 e. The molecule has 0 spiro atoms. The third-order valence-corrected chi connectivity index (χ3v) is 17.3. The molecule has 1 aliphatic rings. The van der Waals surface area contributed by atoms with E-state index in [2.05, 4.69) is 67.8 Å². The number of unbranched alkanes of at least 4 members (excludes halogenated alkanes) is 43. The predicted molar refractivity (Wildman–Crippen MR) is 366 cm³/mol. The molecule has 7 unspecified atom stereocenters. The van der Waals surface area contributed by atoms with E-state index in [-0.39, 0.29) is 18.5 Å². The molecule has 0 radical (unpaired) electrons. The highest BCUT2D eigenvalue weighted by molar-refractivity contribution is 5.76. The number of carbonyl (C=O) groups excluding carboxylic acids is 2. The Hall–Kier alpha value is -2.64. The molecule has 0 aromatic carbocycles. The minimum absolute atomic E-state index is 0.00292. The van der Waals surface area contributed by atoms with Gasteiger partial charge >= 0.3 is 5.97 Å². The molecule has 6 N–H and O–H groups in total. The highest BCUT2D eigenvalue weighted by Gasteiger charge is 2.44. The Bertz CT molecular complexity index is 1630. The van der Waals surface area contributed by atoms with Gasteiger partial charge < -0.3 is 45.1 Å². The topological polar surface area (TPSA) is 175 Å². The molecular formula is C76H139NO10. The number of nitrogens with one attached hydrogen (secondary N) is 1. The van der Waals surface area contributed by atoms with Gasteiger partial charge in [0, 0.05) is 12.8 Å². The van der Waals surface area contributed by atoms with Crippen LogP contribution in [0.3, 0.4) is 0 Å². The van der Waals surface area contributed by atoms with E-state index in [9.17, 15) is 35.1 Å². The van der Waals surface area contributed by atoms with E-state index in [0.29, 0.717) is 19.4 Å². The van der Waals surface area contributed by atoms with E-state index in [4.69, 9.17) is 14.2 Å². The van der Waals surface area contributed by atoms with Gasteiger partial charge in [0.05, 0.1) is 32.0 Å². The number of aliphatic hydroxyl groups is 5. The number of rotatable bonds is 65. The third-order valence-electron chi connectivity index (χ3n) is 17.3. The van der Waals surface area contributed by atoms with Gasteiger partial charge in [0.15, 0.2) is 6.29 Å². The largest absolute Gasteiger partial charge is 0.466 e. The Morgan fingerprint density at radius 3 is 1.23 bits per heavy atom. The zero-order chi connectivity index (χ0) is 63.0. The van der Waals surface area contributed by atoms with Crippen molar-refractivity contribution in [2.24, 2.45) is 0 Å². The minimum Gasteiger partial charge on any atom is -0.466 e. The number of esters is 1. The van der Waals surface area contributed by atoms with Crippen molar-refractivity contribution in [3.8, 4) is 0 Å². The Morgan fingerprint density at radius 1 is 0.425 bits per heavy atom. The van der Waals surface area contributed by atoms with E-state index in [1.54, 1.807) is 6.08 Å². The lowest BCUT2D eigenvalue weighted by molar-refractivity contribution is -0.302. The van der Waals surface area contributed by atoms with Crippen molar-refractivity contribution >= 4 is 11.9 Å². The fourth-order valence-corrected chi connectivity index (χ4v) is 11.5. The summed E-state index contributed by atoms with van der Waals surface area (Å²) in [7, 11) is 0. The summed E-state index contributed by atoms with van der Waals surface area (Å²) in [5.74, 6) is -0.188. The number of carbonyl (C=O) groups is 2. The number of hydrogen-bond acceptors (Lipinski definition) is 10. The quantitative estimate of drug-likeness (QED) is 0.0195. The van der Waals surface area contributed by atoms with Gasteiger partial charge in [0.2, 0.25) is 5.91 Å². The standard InChI is InChI=1S/C76H139NO10/c1-3-5-7-9-11-13-14-15-16-17-35-38-41-44-48-52-56-60-64-72(81)85-65-61-57-53-49-45-42-39-36-33-31-29-27-25-23-21-19-18-20-22-24-26-28-30-32-34-37-40-43-47-51-55-59-63-71(80)77-68(69(79)62-58-54-50-46-12-10-8-6-4-2)67-86-76-75(84)74(83)73(82)70(66-78)87-76/h12-14,16-17,21,23,46,58,62,68-70,73-76,78-79,82-84H,3-11,15,18-20,22,24-45,47-57,59-61,63-67H2,1-2H3,(H,77,80)/b14-13-,17-16-,23-21-,46-12+,62-58+. The van der Waals surface area contributed by atoms with E-state index < -0.39 is 49.5 Å². The van der Waals surface area contributed by atoms with Crippen LogP contribution in [0.25, 0.3) is 0 Å². The van der Waals surface area contributed by atoms with Crippen molar-refractivity contribution in [3.63, 3.8) is 0 Å². The first kappa shape index (κ1) is 82.4. The van der Waals surface area contributed by atoms with E-state index in [1.165, 1.54) is 257 Å². The van der Waals surface area contributed by atoms with Crippen LogP contribution in [0.1, 0.15) is 348 Å². The SMILES string of the molecule is CCCCC/C=C/CC/C=C/C(O)C(COC1OC(CO)C(O)C(O)C1O)NC(=O)CCCCCCCCCCCCCCCCCC/C=C\CCCCCCCCCCCCCCOC(=O)CCCCCCCCC/C=C\C/C=C\CCCCCC. The monoisotopic (exact) mass is 1230 g/mol. The van der Waals surface area contributed by atoms with Crippen LogP contribution in [-0.4, -0.2) is 100 Å². The maximum absolute atomic E-state index is 13.0. The summed E-state index contributed by atoms with van der Waals surface area (Å²) in [6.45, 7) is 4.28. The van der Waals surface area contributed by atoms with E-state index >= 15 is 0 Å². The van der Waals surface area contributed by atoms with Gasteiger partial charge in [0.25, 0.3) is 0 Å². The maximum atomic E-state index is 13.0. The average molecular weight is 1230 g/mol. The molecule has 1 amide bonds. The number of aliphatic hydroxyl groups excluding tert-OH is 5. The van der Waals surface area contributed by atoms with Gasteiger partial charge in [-0.25, -0.2) is 0 Å². The molecule has 11 heteroatoms. The van der Waals surface area contributed by atoms with Crippen molar-refractivity contribution in [1.82, 2.24) is 5.32 Å². The second-order valence-corrected chi connectivity index (χ2v) is 25.6. The zero-order valence-corrected chi connectivity index (χ0v) is 56.5. The second kappa shape index (κ2) is 64.9. The minimum atomic E-state index is -1.58. The lowest BCUT2D eigenvalue weighted by atomic mass is 9.99. The Labute approximate surface area is 535 Å². The molecule has 1 saturated heterocycles. The van der Waals surface area contributed by atoms with Gasteiger partial charge in [-0.1, -0.05) is 293 Å². The van der Waals surface area contributed by atoms with Crippen LogP contribution < -0.4 is 5.32 Å². The third kappa shape index (κ3) is 53.7. The fraction of sp³-hybridized carbons (Fsp3) is 0.842. The summed E-state index contributed by atoms with van der Waals surface area (Å²) < 4.78 is 16.7. The first-order valence-electron chi connectivity index (χ1n) is 37.1. The number of allylic oxidation sites excluding steroid dienone is 9. The van der Waals surface area contributed by atoms with Crippen LogP contribution in [0.15, 0.2) is 60.8 Å². The molecule has 1 rings (SSSR count). The molecule has 0 bridgehead atoms. The molecule has 0 aliphatic carbocycles. The second-order valence-electron chi connectivity index (χ2n) is 25.6. The molecule has 87 heavy (non-hydrogen) atoms. The number of hydrogen-bond donors (Lipinski definition) is 6. The lowest BCUT2D eigenvalue weighted by Gasteiger charge is -2.40. The highest BCUT2D eigenvalue weighted by atomic mass is 16.7. The van der Waals surface area contributed by atoms with Crippen molar-refractivity contribution in [2.45, 2.75) is 391 Å². The lowest BCUT2D eigenvalue weighted by Crippen LogP contribution is -2.60. The van der Waals surface area contributed by atoms with Crippen LogP contribution in [0.4, 0.5) is 0 Å². The number of amides is 1. The summed E-state index contributed by atoms with van der Waals surface area (Å²) in [6, 6.07) is -0.825. The molecular weight excluding hydrogens is 1090 g/mol. The van der Waals surface area contributed by atoms with Crippen LogP contribution in [0.5, 0.6) is 0 Å². The molecule has 1 heterocycles. The average Bonchev–Trinajstić information content (AvgIpc) is 3.18. The zero-order valence-electron chi connectivity index (χ0n) is 56.5. The molecule has 1 fully saturated rings. The van der Waals surface area contributed by atoms with Gasteiger partial charge in [0.1, 0.15) is 24.4 Å². The summed E-state index contributed by atoms with van der Waals surface area (Å²) in [5, 5.41) is 54.3. The molecule has 7 atom stereocenters. The molecule has 1 aliphatic heterocycles. The first-order chi connectivity index (χ1) is 42.7. The van der Waals surface area contributed by atoms with Crippen molar-refractivity contribution in [1.29, 1.82) is 0 Å². The van der Waals surface area contributed by atoms with Crippen molar-refractivity contribution in [2.75, 3.05) is 19.8 Å². The Kier molecular flexibility index (Phi) is 61.4. The van der Waals surface area contributed by atoms with Gasteiger partial charge in [-0.15, -0.1) is 0 Å². The molecule has 0 aromatic rings. The molecule has 508 valence electrons. The first-order valence-corrected chi connectivity index (χ1v) is 37.1. The summed E-state index contributed by atoms with van der Waals surface area (Å²) in [6.07, 6.45) is 76.8. The van der Waals surface area contributed by atoms with Gasteiger partial charge in [-0.3, -0.25) is 9.59 Å². The summed E-state index contributed by atoms with van der Waals surface area (Å²) >= 11 is 0. The Morgan fingerprint density at radius 2 is 0.782 bits per heavy atom. The highest BCUT2D eigenvalue weighted by Crippen LogP contribution is 2.23. The van der Waals surface area contributed by atoms with E-state index in [0.717, 1.165) is 64.2 Å². The van der Waals surface area contributed by atoms with Crippen LogP contribution in [-0.2, 0) is 23.8 Å². The smallest absolute Gasteiger partial charge is 0.305 e. The van der Waals surface area contributed by atoms with Gasteiger partial charge in [-0.2, -0.15) is 0 Å². The van der Waals surface area contributed by atoms with Crippen LogP contribution in [0.2, 0.25) is 0 Å². The Balaban J connectivity index is 1.89. The van der Waals surface area contributed by atoms with Crippen molar-refractivity contribution < 1.29 is 49.3 Å². The van der Waals surface area contributed by atoms with Crippen LogP contribution in [0, 0.1) is 0 Å². The molecule has 0 saturated carbocycles. The summed E-state index contributed by atoms with van der Waals surface area (Å²) in [4.78, 5) is 25.1. The van der Waals surface area contributed by atoms with Gasteiger partial charge in [-0.05, 0) is 103 Å². The molecule has 11 nitrogen and oxygen atoms in total. The predicted octanol–water partition coefficient (Wildman–Crippen LogP) is 19.3.